The van der Waals surface area contributed by atoms with Gasteiger partial charge in [-0.05, 0) is 60.0 Å². The van der Waals surface area contributed by atoms with E-state index >= 15 is 0 Å². The monoisotopic (exact) mass is 348 g/mol. The van der Waals surface area contributed by atoms with Crippen LogP contribution in [0, 0.1) is 0 Å². The van der Waals surface area contributed by atoms with Crippen LogP contribution in [-0.4, -0.2) is 14.2 Å². The standard InChI is InChI=1S/C22H24N2O2/c1-22(15-7-5-4-6-8-15,18-13-16(25-2)9-11-20(18)23)19-14-17(26-3)10-12-21(19)24/h4-14H,23-24H2,1-3H3. The molecule has 0 aromatic heterocycles. The molecular weight excluding hydrogens is 324 g/mol. The highest BCUT2D eigenvalue weighted by atomic mass is 16.5. The molecule has 0 unspecified atom stereocenters. The Kier molecular flexibility index (Phi) is 4.76. The van der Waals surface area contributed by atoms with Gasteiger partial charge in [-0.2, -0.15) is 0 Å². The number of ether oxygens (including phenoxy) is 2. The Balaban J connectivity index is 2.36. The van der Waals surface area contributed by atoms with Gasteiger partial charge < -0.3 is 20.9 Å². The van der Waals surface area contributed by atoms with Crippen molar-refractivity contribution >= 4 is 11.4 Å². The van der Waals surface area contributed by atoms with Crippen LogP contribution in [0.1, 0.15) is 23.6 Å². The van der Waals surface area contributed by atoms with Gasteiger partial charge in [-0.15, -0.1) is 0 Å². The lowest BCUT2D eigenvalue weighted by molar-refractivity contribution is 0.412. The van der Waals surface area contributed by atoms with Crippen molar-refractivity contribution in [3.8, 4) is 11.5 Å². The van der Waals surface area contributed by atoms with Gasteiger partial charge >= 0.3 is 0 Å². The largest absolute Gasteiger partial charge is 0.497 e. The Morgan fingerprint density at radius 2 is 1.15 bits per heavy atom. The number of nitrogens with two attached hydrogens (primary N) is 2. The Morgan fingerprint density at radius 3 is 1.58 bits per heavy atom. The van der Waals surface area contributed by atoms with Gasteiger partial charge in [-0.3, -0.25) is 0 Å². The maximum Gasteiger partial charge on any atom is 0.119 e. The lowest BCUT2D eigenvalue weighted by atomic mass is 9.70. The van der Waals surface area contributed by atoms with Crippen LogP contribution in [0.25, 0.3) is 0 Å². The highest BCUT2D eigenvalue weighted by Crippen LogP contribution is 2.45. The molecule has 4 nitrogen and oxygen atoms in total. The quantitative estimate of drug-likeness (QED) is 0.535. The minimum Gasteiger partial charge on any atom is -0.497 e. The van der Waals surface area contributed by atoms with E-state index in [0.717, 1.165) is 28.2 Å². The molecule has 0 saturated heterocycles. The molecule has 4 heteroatoms. The van der Waals surface area contributed by atoms with E-state index in [-0.39, 0.29) is 0 Å². The van der Waals surface area contributed by atoms with E-state index in [1.54, 1.807) is 14.2 Å². The molecule has 3 rings (SSSR count). The second-order valence-electron chi connectivity index (χ2n) is 6.40. The lowest BCUT2D eigenvalue weighted by Crippen LogP contribution is -2.28. The molecule has 0 spiro atoms. The number of benzene rings is 3. The second-order valence-corrected chi connectivity index (χ2v) is 6.40. The molecule has 0 fully saturated rings. The summed E-state index contributed by atoms with van der Waals surface area (Å²) in [5, 5.41) is 0. The van der Waals surface area contributed by atoms with Gasteiger partial charge in [-0.25, -0.2) is 0 Å². The van der Waals surface area contributed by atoms with Crippen molar-refractivity contribution in [3.05, 3.63) is 83.4 Å². The molecule has 0 radical (unpaired) electrons. The molecule has 0 amide bonds. The van der Waals surface area contributed by atoms with Gasteiger partial charge in [0, 0.05) is 16.8 Å². The molecule has 3 aromatic rings. The van der Waals surface area contributed by atoms with Crippen molar-refractivity contribution in [1.82, 2.24) is 0 Å². The molecule has 26 heavy (non-hydrogen) atoms. The number of hydrogen-bond acceptors (Lipinski definition) is 4. The molecule has 0 atom stereocenters. The minimum atomic E-state index is -0.571. The Morgan fingerprint density at radius 1 is 0.692 bits per heavy atom. The SMILES string of the molecule is COc1ccc(N)c(C(C)(c2ccccc2)c2cc(OC)ccc2N)c1. The molecule has 0 bridgehead atoms. The van der Waals surface area contributed by atoms with E-state index in [1.165, 1.54) is 0 Å². The van der Waals surface area contributed by atoms with Crippen molar-refractivity contribution < 1.29 is 9.47 Å². The highest BCUT2D eigenvalue weighted by Gasteiger charge is 2.35. The van der Waals surface area contributed by atoms with Crippen molar-refractivity contribution in [1.29, 1.82) is 0 Å². The third kappa shape index (κ3) is 2.94. The van der Waals surface area contributed by atoms with E-state index in [1.807, 2.05) is 54.6 Å². The van der Waals surface area contributed by atoms with E-state index < -0.39 is 5.41 Å². The molecule has 4 N–H and O–H groups in total. The molecular formula is C22H24N2O2. The van der Waals surface area contributed by atoms with E-state index in [2.05, 4.69) is 19.1 Å². The van der Waals surface area contributed by atoms with Crippen LogP contribution in [0.5, 0.6) is 11.5 Å². The third-order valence-corrected chi connectivity index (χ3v) is 4.95. The highest BCUT2D eigenvalue weighted by molar-refractivity contribution is 5.67. The fourth-order valence-corrected chi connectivity index (χ4v) is 3.42. The summed E-state index contributed by atoms with van der Waals surface area (Å²) in [5.41, 5.74) is 16.5. The van der Waals surface area contributed by atoms with Crippen LogP contribution >= 0.6 is 0 Å². The zero-order chi connectivity index (χ0) is 18.7. The van der Waals surface area contributed by atoms with Crippen LogP contribution in [0.15, 0.2) is 66.7 Å². The van der Waals surface area contributed by atoms with Crippen molar-refractivity contribution in [2.45, 2.75) is 12.3 Å². The molecule has 3 aromatic carbocycles. The average Bonchev–Trinajstić information content (AvgIpc) is 2.69. The van der Waals surface area contributed by atoms with Gasteiger partial charge in [0.1, 0.15) is 11.5 Å². The average molecular weight is 348 g/mol. The number of anilines is 2. The Bertz CT molecular complexity index is 854. The minimum absolute atomic E-state index is 0.571. The topological polar surface area (TPSA) is 70.5 Å². The summed E-state index contributed by atoms with van der Waals surface area (Å²) in [7, 11) is 3.30. The molecule has 0 aliphatic rings. The maximum atomic E-state index is 6.40. The summed E-state index contributed by atoms with van der Waals surface area (Å²) in [6.07, 6.45) is 0. The first-order valence-electron chi connectivity index (χ1n) is 8.44. The predicted molar refractivity (Wildman–Crippen MR) is 107 cm³/mol. The number of rotatable bonds is 5. The smallest absolute Gasteiger partial charge is 0.119 e. The predicted octanol–water partition coefficient (Wildman–Crippen LogP) is 4.22. The van der Waals surface area contributed by atoms with Crippen molar-refractivity contribution in [3.63, 3.8) is 0 Å². The second kappa shape index (κ2) is 7.00. The van der Waals surface area contributed by atoms with Gasteiger partial charge in [0.25, 0.3) is 0 Å². The normalized spacial score (nSPS) is 11.2. The molecule has 134 valence electrons. The fourth-order valence-electron chi connectivity index (χ4n) is 3.42. The zero-order valence-electron chi connectivity index (χ0n) is 15.3. The van der Waals surface area contributed by atoms with Crippen molar-refractivity contribution in [2.75, 3.05) is 25.7 Å². The van der Waals surface area contributed by atoms with Gasteiger partial charge in [0.2, 0.25) is 0 Å². The Labute approximate surface area is 154 Å². The molecule has 0 aliphatic carbocycles. The summed E-state index contributed by atoms with van der Waals surface area (Å²) in [6, 6.07) is 21.6. The third-order valence-electron chi connectivity index (χ3n) is 4.95. The number of methoxy groups -OCH3 is 2. The van der Waals surface area contributed by atoms with Crippen molar-refractivity contribution in [2.24, 2.45) is 0 Å². The van der Waals surface area contributed by atoms with E-state index in [0.29, 0.717) is 11.4 Å². The van der Waals surface area contributed by atoms with Gasteiger partial charge in [-0.1, -0.05) is 30.3 Å². The summed E-state index contributed by atoms with van der Waals surface area (Å²) in [6.45, 7) is 2.12. The zero-order valence-corrected chi connectivity index (χ0v) is 15.3. The summed E-state index contributed by atoms with van der Waals surface area (Å²) < 4.78 is 10.9. The van der Waals surface area contributed by atoms with Crippen LogP contribution < -0.4 is 20.9 Å². The first kappa shape index (κ1) is 17.7. The maximum absolute atomic E-state index is 6.40. The first-order chi connectivity index (χ1) is 12.5. The van der Waals surface area contributed by atoms with Crippen LogP contribution in [-0.2, 0) is 5.41 Å². The van der Waals surface area contributed by atoms with Gasteiger partial charge in [0.05, 0.1) is 14.2 Å². The van der Waals surface area contributed by atoms with E-state index in [4.69, 9.17) is 20.9 Å². The summed E-state index contributed by atoms with van der Waals surface area (Å²) in [4.78, 5) is 0. The summed E-state index contributed by atoms with van der Waals surface area (Å²) >= 11 is 0. The van der Waals surface area contributed by atoms with Crippen LogP contribution in [0.4, 0.5) is 11.4 Å². The van der Waals surface area contributed by atoms with Crippen LogP contribution in [0.2, 0.25) is 0 Å². The fraction of sp³-hybridized carbons (Fsp3) is 0.182. The molecule has 0 heterocycles. The first-order valence-corrected chi connectivity index (χ1v) is 8.44. The number of nitrogen functional groups attached to an aromatic ring is 2. The molecule has 0 aliphatic heterocycles. The van der Waals surface area contributed by atoms with Crippen LogP contribution in [0.3, 0.4) is 0 Å². The Hall–Kier alpha value is -3.14. The van der Waals surface area contributed by atoms with E-state index in [9.17, 15) is 0 Å². The lowest BCUT2D eigenvalue weighted by Gasteiger charge is -2.34. The van der Waals surface area contributed by atoms with Gasteiger partial charge in [0.15, 0.2) is 0 Å². The number of hydrogen-bond donors (Lipinski definition) is 2. The molecule has 0 saturated carbocycles. The summed E-state index contributed by atoms with van der Waals surface area (Å²) in [5.74, 6) is 1.50.